The quantitative estimate of drug-likeness (QED) is 0.276. The molecule has 0 saturated carbocycles. The minimum Gasteiger partial charge on any atom is -0.456 e. The molecular formula is C34H21NO2. The summed E-state index contributed by atoms with van der Waals surface area (Å²) in [6, 6.07) is 42.0. The first-order chi connectivity index (χ1) is 18.3. The van der Waals surface area contributed by atoms with Gasteiger partial charge < -0.3 is 14.2 Å². The lowest BCUT2D eigenvalue weighted by Crippen LogP contribution is -1.92. The Morgan fingerprint density at radius 2 is 1.22 bits per heavy atom. The third-order valence-corrected chi connectivity index (χ3v) is 7.24. The summed E-state index contributed by atoms with van der Waals surface area (Å²) in [5.41, 5.74) is 7.76. The zero-order valence-corrected chi connectivity index (χ0v) is 19.9. The zero-order chi connectivity index (χ0) is 24.3. The number of benzene rings is 6. The first-order valence-electron chi connectivity index (χ1n) is 12.4. The van der Waals surface area contributed by atoms with Crippen molar-refractivity contribution in [3.8, 4) is 11.1 Å². The van der Waals surface area contributed by atoms with Gasteiger partial charge in [0.15, 0.2) is 0 Å². The van der Waals surface area contributed by atoms with Crippen LogP contribution in [0.15, 0.2) is 130 Å². The van der Waals surface area contributed by atoms with Gasteiger partial charge in [-0.05, 0) is 64.9 Å². The first kappa shape index (κ1) is 20.2. The highest BCUT2D eigenvalue weighted by molar-refractivity contribution is 6.16. The second-order valence-electron chi connectivity index (χ2n) is 9.46. The molecule has 0 fully saturated rings. The normalized spacial score (nSPS) is 11.8. The third-order valence-electron chi connectivity index (χ3n) is 7.24. The fourth-order valence-electron chi connectivity index (χ4n) is 5.48. The average Bonchev–Trinajstić information content (AvgIpc) is 3.52. The molecule has 0 aliphatic heterocycles. The molecule has 3 nitrogen and oxygen atoms in total. The van der Waals surface area contributed by atoms with Crippen LogP contribution in [0.25, 0.3) is 65.8 Å². The van der Waals surface area contributed by atoms with Crippen LogP contribution in [-0.2, 0) is 0 Å². The molecule has 2 heterocycles. The molecule has 0 bridgehead atoms. The minimum atomic E-state index is 0.874. The van der Waals surface area contributed by atoms with E-state index in [1.165, 1.54) is 10.8 Å². The maximum absolute atomic E-state index is 6.50. The molecule has 0 spiro atoms. The molecule has 6 aromatic carbocycles. The second kappa shape index (κ2) is 7.74. The van der Waals surface area contributed by atoms with E-state index in [9.17, 15) is 0 Å². The average molecular weight is 476 g/mol. The Kier molecular flexibility index (Phi) is 4.23. The second-order valence-corrected chi connectivity index (χ2v) is 9.46. The van der Waals surface area contributed by atoms with Crippen LogP contribution in [0.2, 0.25) is 0 Å². The molecule has 0 radical (unpaired) electrons. The monoisotopic (exact) mass is 475 g/mol. The van der Waals surface area contributed by atoms with Crippen LogP contribution >= 0.6 is 0 Å². The molecule has 0 atom stereocenters. The lowest BCUT2D eigenvalue weighted by atomic mass is 9.99. The standard InChI is InChI=1S/C34H21NO2/c1-2-8-22-19-24(15-13-21(22)7-1)35-29-17-16-25(34-33(29)27-10-4-6-12-31(27)37-34)23-14-18-32-28(20-23)26-9-3-5-11-30(26)36-32/h1-20,35H. The van der Waals surface area contributed by atoms with E-state index in [0.29, 0.717) is 0 Å². The van der Waals surface area contributed by atoms with E-state index in [1.54, 1.807) is 0 Å². The van der Waals surface area contributed by atoms with Crippen LogP contribution in [0.4, 0.5) is 11.4 Å². The van der Waals surface area contributed by atoms with Crippen molar-refractivity contribution in [2.75, 3.05) is 5.32 Å². The van der Waals surface area contributed by atoms with Crippen molar-refractivity contribution in [2.24, 2.45) is 0 Å². The van der Waals surface area contributed by atoms with Crippen molar-refractivity contribution in [1.29, 1.82) is 0 Å². The van der Waals surface area contributed by atoms with Crippen molar-refractivity contribution < 1.29 is 8.83 Å². The third kappa shape index (κ3) is 3.14. The van der Waals surface area contributed by atoms with Crippen LogP contribution in [0.5, 0.6) is 0 Å². The predicted octanol–water partition coefficient (Wildman–Crippen LogP) is 10.0. The molecule has 0 aliphatic carbocycles. The summed E-state index contributed by atoms with van der Waals surface area (Å²) in [6.45, 7) is 0. The van der Waals surface area contributed by atoms with Crippen LogP contribution in [0.3, 0.4) is 0 Å². The van der Waals surface area contributed by atoms with Gasteiger partial charge in [-0.15, -0.1) is 0 Å². The summed E-state index contributed by atoms with van der Waals surface area (Å²) < 4.78 is 12.6. The lowest BCUT2D eigenvalue weighted by molar-refractivity contribution is 0.668. The Bertz CT molecular complexity index is 2130. The number of para-hydroxylation sites is 2. The summed E-state index contributed by atoms with van der Waals surface area (Å²) >= 11 is 0. The van der Waals surface area contributed by atoms with E-state index >= 15 is 0 Å². The molecule has 3 heteroatoms. The molecule has 174 valence electrons. The number of fused-ring (bicyclic) bond motifs is 7. The van der Waals surface area contributed by atoms with Gasteiger partial charge in [0.05, 0.1) is 11.1 Å². The highest BCUT2D eigenvalue weighted by Crippen LogP contribution is 2.42. The molecule has 8 rings (SSSR count). The number of hydrogen-bond donors (Lipinski definition) is 1. The van der Waals surface area contributed by atoms with Gasteiger partial charge in [0, 0.05) is 27.4 Å². The van der Waals surface area contributed by atoms with E-state index < -0.39 is 0 Å². The summed E-state index contributed by atoms with van der Waals surface area (Å²) in [5.74, 6) is 0. The molecular weight excluding hydrogens is 454 g/mol. The number of nitrogens with one attached hydrogen (secondary N) is 1. The van der Waals surface area contributed by atoms with Crippen molar-refractivity contribution >= 4 is 66.0 Å². The number of rotatable bonds is 3. The van der Waals surface area contributed by atoms with Crippen molar-refractivity contribution in [3.05, 3.63) is 121 Å². The Balaban J connectivity index is 1.34. The molecule has 0 unspecified atom stereocenters. The van der Waals surface area contributed by atoms with Crippen molar-refractivity contribution in [2.45, 2.75) is 0 Å². The molecule has 0 amide bonds. The van der Waals surface area contributed by atoms with Gasteiger partial charge in [-0.1, -0.05) is 72.8 Å². The zero-order valence-electron chi connectivity index (χ0n) is 19.9. The topological polar surface area (TPSA) is 38.3 Å². The summed E-state index contributed by atoms with van der Waals surface area (Å²) in [4.78, 5) is 0. The number of anilines is 2. The van der Waals surface area contributed by atoms with Crippen molar-refractivity contribution in [1.82, 2.24) is 0 Å². The molecule has 1 N–H and O–H groups in total. The van der Waals surface area contributed by atoms with Gasteiger partial charge in [0.2, 0.25) is 0 Å². The molecule has 8 aromatic rings. The van der Waals surface area contributed by atoms with E-state index in [0.717, 1.165) is 66.4 Å². The smallest absolute Gasteiger partial charge is 0.145 e. The van der Waals surface area contributed by atoms with Crippen LogP contribution in [-0.4, -0.2) is 0 Å². The molecule has 0 aliphatic rings. The highest BCUT2D eigenvalue weighted by atomic mass is 16.3. The highest BCUT2D eigenvalue weighted by Gasteiger charge is 2.17. The fraction of sp³-hybridized carbons (Fsp3) is 0. The van der Waals surface area contributed by atoms with Crippen LogP contribution in [0.1, 0.15) is 0 Å². The Morgan fingerprint density at radius 1 is 0.486 bits per heavy atom. The summed E-state index contributed by atoms with van der Waals surface area (Å²) in [5, 5.41) is 10.5. The van der Waals surface area contributed by atoms with Gasteiger partial charge in [0.1, 0.15) is 22.3 Å². The fourth-order valence-corrected chi connectivity index (χ4v) is 5.48. The predicted molar refractivity (Wildman–Crippen MR) is 154 cm³/mol. The van der Waals surface area contributed by atoms with Gasteiger partial charge in [-0.3, -0.25) is 0 Å². The van der Waals surface area contributed by atoms with E-state index in [-0.39, 0.29) is 0 Å². The molecule has 0 saturated heterocycles. The SMILES string of the molecule is c1ccc2cc(Nc3ccc(-c4ccc5oc6ccccc6c5c4)c4oc5ccccc5c34)ccc2c1. The summed E-state index contributed by atoms with van der Waals surface area (Å²) in [7, 11) is 0. The van der Waals surface area contributed by atoms with Gasteiger partial charge in [-0.25, -0.2) is 0 Å². The Hall–Kier alpha value is -5.02. The molecule has 2 aromatic heterocycles. The lowest BCUT2D eigenvalue weighted by Gasteiger charge is -2.11. The minimum absolute atomic E-state index is 0.874. The van der Waals surface area contributed by atoms with E-state index in [2.05, 4.69) is 102 Å². The number of hydrogen-bond acceptors (Lipinski definition) is 3. The molecule has 37 heavy (non-hydrogen) atoms. The maximum atomic E-state index is 6.50. The van der Waals surface area contributed by atoms with Gasteiger partial charge in [0.25, 0.3) is 0 Å². The first-order valence-corrected chi connectivity index (χ1v) is 12.4. The van der Waals surface area contributed by atoms with E-state index in [1.807, 2.05) is 24.3 Å². The maximum Gasteiger partial charge on any atom is 0.145 e. The van der Waals surface area contributed by atoms with E-state index in [4.69, 9.17) is 8.83 Å². The summed E-state index contributed by atoms with van der Waals surface area (Å²) in [6.07, 6.45) is 0. The largest absolute Gasteiger partial charge is 0.456 e. The van der Waals surface area contributed by atoms with Crippen LogP contribution < -0.4 is 5.32 Å². The number of furan rings is 2. The van der Waals surface area contributed by atoms with Crippen molar-refractivity contribution in [3.63, 3.8) is 0 Å². The van der Waals surface area contributed by atoms with Gasteiger partial charge >= 0.3 is 0 Å². The van der Waals surface area contributed by atoms with Crippen LogP contribution in [0, 0.1) is 0 Å². The Morgan fingerprint density at radius 3 is 2.11 bits per heavy atom. The van der Waals surface area contributed by atoms with Gasteiger partial charge in [-0.2, -0.15) is 0 Å². The Labute approximate surface area is 212 Å².